The number of nitrogens with zero attached hydrogens (tertiary/aromatic N) is 2. The van der Waals surface area contributed by atoms with E-state index in [-0.39, 0.29) is 11.7 Å². The van der Waals surface area contributed by atoms with Crippen LogP contribution in [-0.4, -0.2) is 9.97 Å². The molecule has 0 spiro atoms. The molecule has 1 aliphatic rings. The second kappa shape index (κ2) is 3.28. The summed E-state index contributed by atoms with van der Waals surface area (Å²) in [6.45, 7) is 0. The quantitative estimate of drug-likeness (QED) is 0.719. The molecular weight excluding hydrogens is 169 g/mol. The van der Waals surface area contributed by atoms with Gasteiger partial charge in [0.2, 0.25) is 0 Å². The maximum absolute atomic E-state index is 13.4. The van der Waals surface area contributed by atoms with Crippen molar-refractivity contribution in [3.8, 4) is 0 Å². The lowest BCUT2D eigenvalue weighted by Crippen LogP contribution is -2.05. The molecule has 2 rings (SSSR count). The van der Waals surface area contributed by atoms with Gasteiger partial charge >= 0.3 is 0 Å². The highest BCUT2D eigenvalue weighted by Gasteiger charge is 2.22. The van der Waals surface area contributed by atoms with Crippen molar-refractivity contribution in [3.05, 3.63) is 17.8 Å². The summed E-state index contributed by atoms with van der Waals surface area (Å²) < 4.78 is 13.4. The van der Waals surface area contributed by atoms with Crippen LogP contribution < -0.4 is 5.73 Å². The SMILES string of the molecule is Nc1ncnc(C2CCCC2)c1F. The Hall–Kier alpha value is -1.19. The molecule has 1 aliphatic carbocycles. The molecular formula is C9H12FN3. The van der Waals surface area contributed by atoms with Gasteiger partial charge in [-0.15, -0.1) is 0 Å². The van der Waals surface area contributed by atoms with E-state index >= 15 is 0 Å². The smallest absolute Gasteiger partial charge is 0.186 e. The van der Waals surface area contributed by atoms with E-state index in [2.05, 4.69) is 9.97 Å². The second-order valence-electron chi connectivity index (χ2n) is 3.44. The van der Waals surface area contributed by atoms with E-state index in [1.165, 1.54) is 6.33 Å². The van der Waals surface area contributed by atoms with Crippen LogP contribution in [0.4, 0.5) is 10.2 Å². The van der Waals surface area contributed by atoms with Crippen molar-refractivity contribution in [2.75, 3.05) is 5.73 Å². The van der Waals surface area contributed by atoms with Crippen LogP contribution in [0, 0.1) is 5.82 Å². The Kier molecular flexibility index (Phi) is 2.12. The lowest BCUT2D eigenvalue weighted by Gasteiger charge is -2.09. The van der Waals surface area contributed by atoms with Crippen molar-refractivity contribution in [1.29, 1.82) is 0 Å². The van der Waals surface area contributed by atoms with Crippen LogP contribution in [0.15, 0.2) is 6.33 Å². The van der Waals surface area contributed by atoms with Crippen molar-refractivity contribution in [2.24, 2.45) is 0 Å². The fourth-order valence-corrected chi connectivity index (χ4v) is 1.88. The summed E-state index contributed by atoms with van der Waals surface area (Å²) in [6.07, 6.45) is 5.70. The van der Waals surface area contributed by atoms with Crippen molar-refractivity contribution in [3.63, 3.8) is 0 Å². The summed E-state index contributed by atoms with van der Waals surface area (Å²) in [5.41, 5.74) is 5.87. The van der Waals surface area contributed by atoms with E-state index in [4.69, 9.17) is 5.73 Å². The molecule has 70 valence electrons. The molecule has 0 unspecified atom stereocenters. The van der Waals surface area contributed by atoms with Gasteiger partial charge < -0.3 is 5.73 Å². The first-order chi connectivity index (χ1) is 6.29. The van der Waals surface area contributed by atoms with E-state index in [9.17, 15) is 4.39 Å². The number of hydrogen-bond donors (Lipinski definition) is 1. The Morgan fingerprint density at radius 2 is 2.00 bits per heavy atom. The average Bonchev–Trinajstić information content (AvgIpc) is 2.62. The summed E-state index contributed by atoms with van der Waals surface area (Å²) in [4.78, 5) is 7.56. The largest absolute Gasteiger partial charge is 0.381 e. The number of anilines is 1. The number of halogens is 1. The maximum Gasteiger partial charge on any atom is 0.186 e. The molecule has 1 fully saturated rings. The van der Waals surface area contributed by atoms with E-state index in [1.807, 2.05) is 0 Å². The molecule has 0 bridgehead atoms. The summed E-state index contributed by atoms with van der Waals surface area (Å²) >= 11 is 0. The first kappa shape index (κ1) is 8.41. The Labute approximate surface area is 76.2 Å². The van der Waals surface area contributed by atoms with Crippen LogP contribution in [0.3, 0.4) is 0 Å². The van der Waals surface area contributed by atoms with Gasteiger partial charge in [-0.25, -0.2) is 14.4 Å². The molecule has 4 heteroatoms. The highest BCUT2D eigenvalue weighted by Crippen LogP contribution is 2.34. The standard InChI is InChI=1S/C9H12FN3/c10-7-8(6-3-1-2-4-6)12-5-13-9(7)11/h5-6H,1-4H2,(H2,11,12,13). The number of hydrogen-bond acceptors (Lipinski definition) is 3. The van der Waals surface area contributed by atoms with Gasteiger partial charge in [-0.3, -0.25) is 0 Å². The first-order valence-electron chi connectivity index (χ1n) is 4.55. The summed E-state index contributed by atoms with van der Waals surface area (Å²) in [6, 6.07) is 0. The second-order valence-corrected chi connectivity index (χ2v) is 3.44. The van der Waals surface area contributed by atoms with Crippen molar-refractivity contribution in [2.45, 2.75) is 31.6 Å². The minimum Gasteiger partial charge on any atom is -0.381 e. The zero-order chi connectivity index (χ0) is 9.26. The Morgan fingerprint density at radius 1 is 1.31 bits per heavy atom. The van der Waals surface area contributed by atoms with Gasteiger partial charge in [0.05, 0.1) is 5.69 Å². The van der Waals surface area contributed by atoms with Crippen molar-refractivity contribution >= 4 is 5.82 Å². The van der Waals surface area contributed by atoms with Crippen LogP contribution in [-0.2, 0) is 0 Å². The Balaban J connectivity index is 2.33. The van der Waals surface area contributed by atoms with E-state index in [0.29, 0.717) is 5.69 Å². The van der Waals surface area contributed by atoms with Crippen LogP contribution in [0.2, 0.25) is 0 Å². The monoisotopic (exact) mass is 181 g/mol. The van der Waals surface area contributed by atoms with Crippen LogP contribution in [0.1, 0.15) is 37.3 Å². The zero-order valence-corrected chi connectivity index (χ0v) is 7.33. The van der Waals surface area contributed by atoms with Crippen LogP contribution in [0.25, 0.3) is 0 Å². The molecule has 0 aromatic carbocycles. The minimum atomic E-state index is -0.422. The summed E-state index contributed by atoms with van der Waals surface area (Å²) in [5.74, 6) is -0.198. The Morgan fingerprint density at radius 3 is 2.69 bits per heavy atom. The van der Waals surface area contributed by atoms with E-state index in [0.717, 1.165) is 25.7 Å². The number of rotatable bonds is 1. The fourth-order valence-electron chi connectivity index (χ4n) is 1.88. The van der Waals surface area contributed by atoms with Gasteiger partial charge in [0.25, 0.3) is 0 Å². The Bertz CT molecular complexity index is 308. The van der Waals surface area contributed by atoms with Crippen molar-refractivity contribution in [1.82, 2.24) is 9.97 Å². The van der Waals surface area contributed by atoms with Crippen molar-refractivity contribution < 1.29 is 4.39 Å². The van der Waals surface area contributed by atoms with E-state index in [1.54, 1.807) is 0 Å². The van der Waals surface area contributed by atoms with E-state index < -0.39 is 5.82 Å². The summed E-state index contributed by atoms with van der Waals surface area (Å²) in [5, 5.41) is 0. The lowest BCUT2D eigenvalue weighted by atomic mass is 10.0. The first-order valence-corrected chi connectivity index (χ1v) is 4.55. The molecule has 1 saturated carbocycles. The molecule has 1 aromatic rings. The molecule has 0 radical (unpaired) electrons. The summed E-state index contributed by atoms with van der Waals surface area (Å²) in [7, 11) is 0. The molecule has 0 saturated heterocycles. The lowest BCUT2D eigenvalue weighted by molar-refractivity contribution is 0.561. The third-order valence-electron chi connectivity index (χ3n) is 2.59. The highest BCUT2D eigenvalue weighted by atomic mass is 19.1. The third-order valence-corrected chi connectivity index (χ3v) is 2.59. The molecule has 13 heavy (non-hydrogen) atoms. The number of nitrogens with two attached hydrogens (primary N) is 1. The zero-order valence-electron chi connectivity index (χ0n) is 7.33. The fraction of sp³-hybridized carbons (Fsp3) is 0.556. The van der Waals surface area contributed by atoms with Gasteiger partial charge in [0.15, 0.2) is 11.6 Å². The van der Waals surface area contributed by atoms with Gasteiger partial charge in [-0.05, 0) is 12.8 Å². The normalized spacial score (nSPS) is 17.9. The molecule has 0 aliphatic heterocycles. The average molecular weight is 181 g/mol. The maximum atomic E-state index is 13.4. The third kappa shape index (κ3) is 1.48. The molecule has 1 aromatic heterocycles. The van der Waals surface area contributed by atoms with Gasteiger partial charge in [-0.1, -0.05) is 12.8 Å². The molecule has 1 heterocycles. The molecule has 0 amide bonds. The highest BCUT2D eigenvalue weighted by molar-refractivity contribution is 5.32. The number of aromatic nitrogens is 2. The van der Waals surface area contributed by atoms with Gasteiger partial charge in [-0.2, -0.15) is 0 Å². The topological polar surface area (TPSA) is 51.8 Å². The molecule has 2 N–H and O–H groups in total. The number of nitrogen functional groups attached to an aromatic ring is 1. The molecule has 0 atom stereocenters. The molecule has 3 nitrogen and oxygen atoms in total. The van der Waals surface area contributed by atoms with Gasteiger partial charge in [0.1, 0.15) is 6.33 Å². The van der Waals surface area contributed by atoms with Crippen LogP contribution in [0.5, 0.6) is 0 Å². The predicted molar refractivity (Wildman–Crippen MR) is 47.6 cm³/mol. The minimum absolute atomic E-state index is 0.0306. The van der Waals surface area contributed by atoms with Crippen LogP contribution >= 0.6 is 0 Å². The predicted octanol–water partition coefficient (Wildman–Crippen LogP) is 1.86. The van der Waals surface area contributed by atoms with Gasteiger partial charge in [0, 0.05) is 5.92 Å².